The minimum atomic E-state index is -4.71. The number of hydrogen-bond donors (Lipinski definition) is 2. The van der Waals surface area contributed by atoms with Crippen molar-refractivity contribution in [3.63, 3.8) is 0 Å². The maximum atomic E-state index is 13.4. The maximum Gasteiger partial charge on any atom is 0.416 e. The molecule has 12 heteroatoms. The number of nitrogens with one attached hydrogen (secondary N) is 1. The largest absolute Gasteiger partial charge is 0.465 e. The monoisotopic (exact) mass is 601 g/mol. The van der Waals surface area contributed by atoms with Gasteiger partial charge in [-0.3, -0.25) is 5.32 Å². The molecule has 2 N–H and O–H groups in total. The minimum absolute atomic E-state index is 0.0675. The first-order chi connectivity index (χ1) is 15.9. The summed E-state index contributed by atoms with van der Waals surface area (Å²) in [6.45, 7) is 1.83. The first-order valence-corrected chi connectivity index (χ1v) is 12.1. The Labute approximate surface area is 205 Å². The van der Waals surface area contributed by atoms with Gasteiger partial charge >= 0.3 is 12.3 Å². The predicted octanol–water partition coefficient (Wildman–Crippen LogP) is 5.96. The second-order valence-electron chi connectivity index (χ2n) is 7.41. The van der Waals surface area contributed by atoms with E-state index in [2.05, 4.69) is 4.98 Å². The predicted molar refractivity (Wildman–Crippen MR) is 128 cm³/mol. The highest BCUT2D eigenvalue weighted by Crippen LogP contribution is 2.36. The number of aryl methyl sites for hydroxylation is 1. The summed E-state index contributed by atoms with van der Waals surface area (Å²) in [5.41, 5.74) is 0.0409. The van der Waals surface area contributed by atoms with E-state index in [1.807, 2.05) is 34.8 Å². The standard InChI is InChI=1S/C22H15F3IN3O4S/c1-12-2-4-17(5-3-12)34(32,33)29-11-19(26)18-8-14(10-27-20(18)29)13-6-15(22(23,24)25)9-16(7-13)28-21(30)31/h2-11,28H,1H3,(H,30,31). The van der Waals surface area contributed by atoms with Crippen molar-refractivity contribution in [2.75, 3.05) is 5.32 Å². The lowest BCUT2D eigenvalue weighted by Crippen LogP contribution is -2.12. The highest BCUT2D eigenvalue weighted by atomic mass is 127. The highest BCUT2D eigenvalue weighted by Gasteiger charge is 2.31. The van der Waals surface area contributed by atoms with E-state index in [0.717, 1.165) is 15.6 Å². The molecule has 0 saturated heterocycles. The first kappa shape index (κ1) is 24.0. The van der Waals surface area contributed by atoms with Gasteiger partial charge in [-0.15, -0.1) is 0 Å². The lowest BCUT2D eigenvalue weighted by atomic mass is 10.0. The minimum Gasteiger partial charge on any atom is -0.465 e. The highest BCUT2D eigenvalue weighted by molar-refractivity contribution is 14.1. The topological polar surface area (TPSA) is 101 Å². The molecule has 0 fully saturated rings. The van der Waals surface area contributed by atoms with E-state index >= 15 is 0 Å². The van der Waals surface area contributed by atoms with Gasteiger partial charge in [0.1, 0.15) is 0 Å². The number of aromatic nitrogens is 2. The third kappa shape index (κ3) is 4.59. The summed E-state index contributed by atoms with van der Waals surface area (Å²) < 4.78 is 68.0. The van der Waals surface area contributed by atoms with E-state index in [4.69, 9.17) is 5.11 Å². The zero-order valence-corrected chi connectivity index (χ0v) is 20.2. The van der Waals surface area contributed by atoms with Crippen molar-refractivity contribution in [1.29, 1.82) is 0 Å². The van der Waals surface area contributed by atoms with Crippen LogP contribution in [0.4, 0.5) is 23.7 Å². The fraction of sp³-hybridized carbons (Fsp3) is 0.0909. The Morgan fingerprint density at radius 1 is 1.09 bits per heavy atom. The fourth-order valence-electron chi connectivity index (χ4n) is 3.36. The lowest BCUT2D eigenvalue weighted by molar-refractivity contribution is -0.137. The Hall–Kier alpha value is -3.13. The van der Waals surface area contributed by atoms with Gasteiger partial charge in [0.15, 0.2) is 5.65 Å². The number of carboxylic acid groups (broad SMARTS) is 1. The number of halogens is 4. The van der Waals surface area contributed by atoms with Crippen LogP contribution in [-0.4, -0.2) is 28.6 Å². The number of rotatable bonds is 4. The summed E-state index contributed by atoms with van der Waals surface area (Å²) in [5.74, 6) is 0. The quantitative estimate of drug-likeness (QED) is 0.281. The lowest BCUT2D eigenvalue weighted by Gasteiger charge is -2.12. The molecule has 0 unspecified atom stereocenters. The third-order valence-corrected chi connectivity index (χ3v) is 7.51. The SMILES string of the molecule is Cc1ccc(S(=O)(=O)n2cc(I)c3cc(-c4cc(NC(=O)O)cc(C(F)(F)F)c4)cnc32)cc1. The smallest absolute Gasteiger partial charge is 0.416 e. The van der Waals surface area contributed by atoms with Crippen LogP contribution in [0.3, 0.4) is 0 Å². The van der Waals surface area contributed by atoms with E-state index in [-0.39, 0.29) is 27.4 Å². The molecule has 0 aliphatic heterocycles. The summed E-state index contributed by atoms with van der Waals surface area (Å²) in [6, 6.07) is 10.6. The normalized spacial score (nSPS) is 12.1. The molecule has 0 aliphatic carbocycles. The molecule has 34 heavy (non-hydrogen) atoms. The van der Waals surface area contributed by atoms with Crippen molar-refractivity contribution in [1.82, 2.24) is 8.96 Å². The molecule has 4 aromatic rings. The van der Waals surface area contributed by atoms with Crippen LogP contribution in [0.25, 0.3) is 22.2 Å². The molecular formula is C22H15F3IN3O4S. The zero-order valence-electron chi connectivity index (χ0n) is 17.3. The van der Waals surface area contributed by atoms with Gasteiger partial charge in [-0.05, 0) is 71.5 Å². The van der Waals surface area contributed by atoms with Crippen LogP contribution in [0.1, 0.15) is 11.1 Å². The van der Waals surface area contributed by atoms with E-state index in [1.165, 1.54) is 36.7 Å². The molecule has 4 rings (SSSR count). The molecule has 0 atom stereocenters. The van der Waals surface area contributed by atoms with Crippen molar-refractivity contribution in [3.8, 4) is 11.1 Å². The maximum absolute atomic E-state index is 13.4. The van der Waals surface area contributed by atoms with Gasteiger partial charge in [0.25, 0.3) is 10.0 Å². The first-order valence-electron chi connectivity index (χ1n) is 9.58. The number of fused-ring (bicyclic) bond motifs is 1. The van der Waals surface area contributed by atoms with Crippen LogP contribution in [0, 0.1) is 10.5 Å². The Morgan fingerprint density at radius 2 is 1.76 bits per heavy atom. The number of carbonyl (C=O) groups is 1. The second-order valence-corrected chi connectivity index (χ2v) is 10.4. The van der Waals surface area contributed by atoms with Crippen molar-refractivity contribution in [2.24, 2.45) is 0 Å². The fourth-order valence-corrected chi connectivity index (χ4v) is 5.55. The van der Waals surface area contributed by atoms with Crippen LogP contribution in [0.5, 0.6) is 0 Å². The van der Waals surface area contributed by atoms with Crippen molar-refractivity contribution < 1.29 is 31.5 Å². The molecule has 0 radical (unpaired) electrons. The molecule has 0 aliphatic rings. The third-order valence-electron chi connectivity index (χ3n) is 4.99. The van der Waals surface area contributed by atoms with Gasteiger partial charge in [0.2, 0.25) is 0 Å². The number of alkyl halides is 3. The Kier molecular flexibility index (Phi) is 6.06. The van der Waals surface area contributed by atoms with Crippen LogP contribution >= 0.6 is 22.6 Å². The van der Waals surface area contributed by atoms with E-state index in [0.29, 0.717) is 15.0 Å². The molecule has 2 aromatic carbocycles. The number of nitrogens with zero attached hydrogens (tertiary/aromatic N) is 2. The molecule has 0 bridgehead atoms. The number of amides is 1. The average Bonchev–Trinajstić information content (AvgIpc) is 3.09. The molecule has 176 valence electrons. The second kappa shape index (κ2) is 8.58. The van der Waals surface area contributed by atoms with Gasteiger partial charge < -0.3 is 5.11 Å². The van der Waals surface area contributed by atoms with Crippen molar-refractivity contribution >= 4 is 55.4 Å². The molecule has 1 amide bonds. The van der Waals surface area contributed by atoms with E-state index in [1.54, 1.807) is 12.1 Å². The number of benzene rings is 2. The van der Waals surface area contributed by atoms with Gasteiger partial charge in [-0.1, -0.05) is 17.7 Å². The summed E-state index contributed by atoms with van der Waals surface area (Å²) >= 11 is 1.93. The van der Waals surface area contributed by atoms with Gasteiger partial charge in [-0.25, -0.2) is 22.2 Å². The van der Waals surface area contributed by atoms with Crippen molar-refractivity contribution in [2.45, 2.75) is 18.0 Å². The number of pyridine rings is 1. The molecular weight excluding hydrogens is 586 g/mol. The van der Waals surface area contributed by atoms with Crippen molar-refractivity contribution in [3.05, 3.63) is 75.6 Å². The Bertz CT molecular complexity index is 1530. The molecule has 0 saturated carbocycles. The summed E-state index contributed by atoms with van der Waals surface area (Å²) in [6.07, 6.45) is -3.57. The van der Waals surface area contributed by atoms with Crippen LogP contribution < -0.4 is 5.32 Å². The molecule has 7 nitrogen and oxygen atoms in total. The number of hydrogen-bond acceptors (Lipinski definition) is 4. The van der Waals surface area contributed by atoms with Crippen LogP contribution in [0.2, 0.25) is 0 Å². The van der Waals surface area contributed by atoms with E-state index < -0.39 is 27.9 Å². The Morgan fingerprint density at radius 3 is 2.38 bits per heavy atom. The summed E-state index contributed by atoms with van der Waals surface area (Å²) in [5, 5.41) is 11.3. The van der Waals surface area contributed by atoms with E-state index in [9.17, 15) is 26.4 Å². The molecule has 0 spiro atoms. The zero-order chi connectivity index (χ0) is 24.8. The van der Waals surface area contributed by atoms with Crippen LogP contribution in [-0.2, 0) is 16.2 Å². The van der Waals surface area contributed by atoms with Gasteiger partial charge in [-0.2, -0.15) is 13.2 Å². The molecule has 2 heterocycles. The van der Waals surface area contributed by atoms with Gasteiger partial charge in [0.05, 0.1) is 10.5 Å². The van der Waals surface area contributed by atoms with Crippen LogP contribution in [0.15, 0.2) is 65.8 Å². The average molecular weight is 601 g/mol. The van der Waals surface area contributed by atoms with Gasteiger partial charge in [0, 0.05) is 32.6 Å². The Balaban J connectivity index is 1.85. The summed E-state index contributed by atoms with van der Waals surface area (Å²) in [4.78, 5) is 15.3. The molecule has 2 aromatic heterocycles. The summed E-state index contributed by atoms with van der Waals surface area (Å²) in [7, 11) is -3.96. The number of anilines is 1.